The van der Waals surface area contributed by atoms with Crippen molar-refractivity contribution in [1.82, 2.24) is 0 Å². The average Bonchev–Trinajstić information content (AvgIpc) is 2.83. The number of fused-ring (bicyclic) bond motifs is 5. The van der Waals surface area contributed by atoms with Crippen molar-refractivity contribution in [3.05, 3.63) is 0 Å². The number of hydrogen-bond donors (Lipinski definition) is 0. The highest BCUT2D eigenvalue weighted by molar-refractivity contribution is 6.70. The molecule has 2 nitrogen and oxygen atoms in total. The summed E-state index contributed by atoms with van der Waals surface area (Å²) >= 11 is 0. The third-order valence-electron chi connectivity index (χ3n) is 10.2. The molecular formula is C26H50O2Si2. The Bertz CT molecular complexity index is 652. The molecule has 174 valence electrons. The molecule has 8 atom stereocenters. The van der Waals surface area contributed by atoms with Crippen LogP contribution in [0.2, 0.25) is 39.3 Å². The van der Waals surface area contributed by atoms with Crippen LogP contribution < -0.4 is 0 Å². The zero-order valence-corrected chi connectivity index (χ0v) is 23.6. The van der Waals surface area contributed by atoms with E-state index in [1.165, 1.54) is 57.8 Å². The van der Waals surface area contributed by atoms with Crippen LogP contribution >= 0.6 is 0 Å². The van der Waals surface area contributed by atoms with E-state index in [1.807, 2.05) is 0 Å². The van der Waals surface area contributed by atoms with Crippen LogP contribution in [-0.4, -0.2) is 28.3 Å². The lowest BCUT2D eigenvalue weighted by atomic mass is 9.44. The molecule has 0 aromatic heterocycles. The lowest BCUT2D eigenvalue weighted by Crippen LogP contribution is -2.58. The predicted molar refractivity (Wildman–Crippen MR) is 133 cm³/mol. The van der Waals surface area contributed by atoms with Crippen molar-refractivity contribution in [1.29, 1.82) is 0 Å². The van der Waals surface area contributed by atoms with Gasteiger partial charge in [0.05, 0.1) is 5.60 Å². The van der Waals surface area contributed by atoms with Crippen LogP contribution in [0.15, 0.2) is 0 Å². The molecule has 0 aromatic carbocycles. The van der Waals surface area contributed by atoms with Crippen molar-refractivity contribution in [2.75, 3.05) is 0 Å². The van der Waals surface area contributed by atoms with Gasteiger partial charge in [0, 0.05) is 6.10 Å². The predicted octanol–water partition coefficient (Wildman–Crippen LogP) is 7.86. The maximum atomic E-state index is 6.96. The Hall–Kier alpha value is 0.354. The summed E-state index contributed by atoms with van der Waals surface area (Å²) in [4.78, 5) is 0. The summed E-state index contributed by atoms with van der Waals surface area (Å²) in [6.45, 7) is 22.0. The highest BCUT2D eigenvalue weighted by Crippen LogP contribution is 2.69. The summed E-state index contributed by atoms with van der Waals surface area (Å²) in [7, 11) is -2.98. The maximum absolute atomic E-state index is 6.96. The van der Waals surface area contributed by atoms with Gasteiger partial charge in [0.1, 0.15) is 0 Å². The smallest absolute Gasteiger partial charge is 0.184 e. The highest BCUT2D eigenvalue weighted by atomic mass is 28.4. The van der Waals surface area contributed by atoms with E-state index in [1.54, 1.807) is 0 Å². The largest absolute Gasteiger partial charge is 0.415 e. The fourth-order valence-corrected chi connectivity index (χ4v) is 11.8. The second-order valence-electron chi connectivity index (χ2n) is 14.2. The van der Waals surface area contributed by atoms with E-state index < -0.39 is 16.6 Å². The van der Waals surface area contributed by atoms with Gasteiger partial charge >= 0.3 is 0 Å². The maximum Gasteiger partial charge on any atom is 0.184 e. The molecule has 0 amide bonds. The van der Waals surface area contributed by atoms with Gasteiger partial charge in [-0.25, -0.2) is 0 Å². The molecule has 0 N–H and O–H groups in total. The first-order valence-corrected chi connectivity index (χ1v) is 19.9. The molecule has 0 spiro atoms. The van der Waals surface area contributed by atoms with Crippen molar-refractivity contribution >= 4 is 16.6 Å². The lowest BCUT2D eigenvalue weighted by molar-refractivity contribution is -0.148. The van der Waals surface area contributed by atoms with Crippen LogP contribution in [0.4, 0.5) is 0 Å². The van der Waals surface area contributed by atoms with Gasteiger partial charge in [-0.05, 0) is 138 Å². The second-order valence-corrected chi connectivity index (χ2v) is 23.1. The molecule has 4 aliphatic rings. The minimum Gasteiger partial charge on any atom is -0.415 e. The van der Waals surface area contributed by atoms with Gasteiger partial charge in [0.2, 0.25) is 0 Å². The van der Waals surface area contributed by atoms with Crippen molar-refractivity contribution in [3.8, 4) is 0 Å². The van der Waals surface area contributed by atoms with Gasteiger partial charge in [-0.2, -0.15) is 0 Å². The first-order valence-electron chi connectivity index (χ1n) is 13.0. The van der Waals surface area contributed by atoms with Crippen molar-refractivity contribution in [2.45, 2.75) is 130 Å². The molecule has 4 saturated carbocycles. The molecule has 0 bridgehead atoms. The molecule has 0 saturated heterocycles. The molecule has 0 aliphatic heterocycles. The molecule has 30 heavy (non-hydrogen) atoms. The Morgan fingerprint density at radius 2 is 1.37 bits per heavy atom. The molecule has 4 heteroatoms. The van der Waals surface area contributed by atoms with E-state index in [2.05, 4.69) is 60.1 Å². The molecule has 5 unspecified atom stereocenters. The monoisotopic (exact) mass is 450 g/mol. The highest BCUT2D eigenvalue weighted by Gasteiger charge is 2.64. The van der Waals surface area contributed by atoms with E-state index in [-0.39, 0.29) is 5.60 Å². The first-order chi connectivity index (χ1) is 13.7. The molecular weight excluding hydrogens is 400 g/mol. The van der Waals surface area contributed by atoms with Gasteiger partial charge in [-0.3, -0.25) is 0 Å². The molecule has 4 fully saturated rings. The fourth-order valence-electron chi connectivity index (χ4n) is 8.89. The van der Waals surface area contributed by atoms with Crippen LogP contribution in [0.25, 0.3) is 0 Å². The third-order valence-corrected chi connectivity index (χ3v) is 12.3. The molecule has 0 aromatic rings. The third kappa shape index (κ3) is 3.94. The van der Waals surface area contributed by atoms with Crippen molar-refractivity contribution in [3.63, 3.8) is 0 Å². The van der Waals surface area contributed by atoms with Crippen LogP contribution in [0.5, 0.6) is 0 Å². The van der Waals surface area contributed by atoms with Crippen LogP contribution in [0.1, 0.15) is 78.6 Å². The summed E-state index contributed by atoms with van der Waals surface area (Å²) < 4.78 is 13.6. The second kappa shape index (κ2) is 7.43. The van der Waals surface area contributed by atoms with E-state index in [0.29, 0.717) is 16.9 Å². The lowest BCUT2D eigenvalue weighted by Gasteiger charge is -2.62. The normalized spacial score (nSPS) is 49.3. The van der Waals surface area contributed by atoms with E-state index >= 15 is 0 Å². The van der Waals surface area contributed by atoms with E-state index in [4.69, 9.17) is 8.85 Å². The number of rotatable bonds is 4. The van der Waals surface area contributed by atoms with Gasteiger partial charge < -0.3 is 8.85 Å². The SMILES string of the molecule is CC12CC[C@H](O[Si](C)(C)C)C[C@@H]1CCC1C2CCC2(C)C1CC[C@]2(C)O[Si](C)(C)C. The summed E-state index contributed by atoms with van der Waals surface area (Å²) in [5, 5.41) is 0. The van der Waals surface area contributed by atoms with Crippen molar-refractivity contribution < 1.29 is 8.85 Å². The first kappa shape index (κ1) is 23.5. The molecule has 4 aliphatic carbocycles. The Morgan fingerprint density at radius 1 is 0.700 bits per heavy atom. The molecule has 0 radical (unpaired) electrons. The number of hydrogen-bond acceptors (Lipinski definition) is 2. The van der Waals surface area contributed by atoms with E-state index in [9.17, 15) is 0 Å². The van der Waals surface area contributed by atoms with Gasteiger partial charge in [-0.15, -0.1) is 0 Å². The molecule has 0 heterocycles. The summed E-state index contributed by atoms with van der Waals surface area (Å²) in [6.07, 6.45) is 13.0. The van der Waals surface area contributed by atoms with Crippen LogP contribution in [0, 0.1) is 34.5 Å². The zero-order chi connectivity index (χ0) is 22.2. The van der Waals surface area contributed by atoms with Crippen molar-refractivity contribution in [2.24, 2.45) is 34.5 Å². The summed E-state index contributed by atoms with van der Waals surface area (Å²) in [6, 6.07) is 0. The topological polar surface area (TPSA) is 18.5 Å². The van der Waals surface area contributed by atoms with E-state index in [0.717, 1.165) is 23.7 Å². The standard InChI is InChI=1S/C26H50O2Si2/c1-24-15-12-20(27-29(4,5)6)18-19(24)10-11-21-22(24)13-16-25(2)23(21)14-17-26(25,3)28-30(7,8)9/h19-23H,10-18H2,1-9H3/t19-,20-,21?,22?,23?,24?,25?,26-/m0/s1. The quantitative estimate of drug-likeness (QED) is 0.406. The Labute approximate surface area is 189 Å². The molecule has 4 rings (SSSR count). The van der Waals surface area contributed by atoms with Gasteiger partial charge in [-0.1, -0.05) is 13.8 Å². The minimum atomic E-state index is -1.54. The summed E-state index contributed by atoms with van der Waals surface area (Å²) in [5.74, 6) is 3.65. The van der Waals surface area contributed by atoms with Gasteiger partial charge in [0.15, 0.2) is 16.6 Å². The fraction of sp³-hybridized carbons (Fsp3) is 1.00. The Kier molecular flexibility index (Phi) is 5.82. The minimum absolute atomic E-state index is 0.105. The average molecular weight is 451 g/mol. The van der Waals surface area contributed by atoms with Gasteiger partial charge in [0.25, 0.3) is 0 Å². The Morgan fingerprint density at radius 3 is 2.00 bits per heavy atom. The van der Waals surface area contributed by atoms with Crippen LogP contribution in [-0.2, 0) is 8.85 Å². The zero-order valence-electron chi connectivity index (χ0n) is 21.6. The summed E-state index contributed by atoms with van der Waals surface area (Å²) in [5.41, 5.74) is 1.05. The Balaban J connectivity index is 1.52. The van der Waals surface area contributed by atoms with Crippen LogP contribution in [0.3, 0.4) is 0 Å².